The second-order valence-corrected chi connectivity index (χ2v) is 7.00. The number of benzene rings is 1. The molecule has 1 aliphatic carbocycles. The van der Waals surface area contributed by atoms with Gasteiger partial charge in [0.05, 0.1) is 6.10 Å². The smallest absolute Gasteiger partial charge is 0.256 e. The SMILES string of the molecule is COC1(C(=O)Nc2ccc(OC(C)C)c(C)c2)CCCC(C)C1. The number of carbonyl (C=O) groups excluding carboxylic acids is 1. The molecule has 0 saturated heterocycles. The molecule has 0 spiro atoms. The monoisotopic (exact) mass is 319 g/mol. The van der Waals surface area contributed by atoms with Gasteiger partial charge in [0.15, 0.2) is 0 Å². The van der Waals surface area contributed by atoms with Gasteiger partial charge in [-0.25, -0.2) is 0 Å². The average molecular weight is 319 g/mol. The molecule has 4 nitrogen and oxygen atoms in total. The molecule has 1 aromatic rings. The lowest BCUT2D eigenvalue weighted by atomic mass is 9.78. The van der Waals surface area contributed by atoms with Crippen molar-refractivity contribution in [3.63, 3.8) is 0 Å². The third kappa shape index (κ3) is 4.25. The number of nitrogens with one attached hydrogen (secondary N) is 1. The number of rotatable bonds is 5. The maximum Gasteiger partial charge on any atom is 0.256 e. The normalized spacial score (nSPS) is 24.5. The Morgan fingerprint density at radius 2 is 2.13 bits per heavy atom. The molecule has 2 atom stereocenters. The molecule has 0 radical (unpaired) electrons. The molecule has 0 bridgehead atoms. The Labute approximate surface area is 139 Å². The predicted molar refractivity (Wildman–Crippen MR) is 92.9 cm³/mol. The topological polar surface area (TPSA) is 47.6 Å². The summed E-state index contributed by atoms with van der Waals surface area (Å²) < 4.78 is 11.4. The first-order valence-electron chi connectivity index (χ1n) is 8.50. The number of amides is 1. The summed E-state index contributed by atoms with van der Waals surface area (Å²) in [5.74, 6) is 1.33. The van der Waals surface area contributed by atoms with Crippen LogP contribution in [-0.2, 0) is 9.53 Å². The summed E-state index contributed by atoms with van der Waals surface area (Å²) in [6.07, 6.45) is 3.90. The number of aryl methyl sites for hydroxylation is 1. The zero-order chi connectivity index (χ0) is 17.0. The van der Waals surface area contributed by atoms with Gasteiger partial charge in [-0.2, -0.15) is 0 Å². The Balaban J connectivity index is 2.11. The van der Waals surface area contributed by atoms with E-state index < -0.39 is 5.60 Å². The van der Waals surface area contributed by atoms with Crippen molar-refractivity contribution >= 4 is 11.6 Å². The highest BCUT2D eigenvalue weighted by atomic mass is 16.5. The van der Waals surface area contributed by atoms with Gasteiger partial charge in [0.1, 0.15) is 11.4 Å². The van der Waals surface area contributed by atoms with Crippen LogP contribution >= 0.6 is 0 Å². The molecule has 1 aromatic carbocycles. The van der Waals surface area contributed by atoms with Crippen molar-refractivity contribution in [1.29, 1.82) is 0 Å². The van der Waals surface area contributed by atoms with Crippen molar-refractivity contribution in [1.82, 2.24) is 0 Å². The fourth-order valence-electron chi connectivity index (χ4n) is 3.35. The van der Waals surface area contributed by atoms with Gasteiger partial charge in [-0.3, -0.25) is 4.79 Å². The van der Waals surface area contributed by atoms with Crippen molar-refractivity contribution in [2.75, 3.05) is 12.4 Å². The first-order chi connectivity index (χ1) is 10.9. The minimum Gasteiger partial charge on any atom is -0.491 e. The van der Waals surface area contributed by atoms with E-state index in [2.05, 4.69) is 12.2 Å². The molecule has 128 valence electrons. The van der Waals surface area contributed by atoms with Crippen LogP contribution in [0.15, 0.2) is 18.2 Å². The number of hydrogen-bond acceptors (Lipinski definition) is 3. The molecule has 2 rings (SSSR count). The zero-order valence-electron chi connectivity index (χ0n) is 14.9. The molecule has 1 fully saturated rings. The van der Waals surface area contributed by atoms with Gasteiger partial charge in [0, 0.05) is 12.8 Å². The van der Waals surface area contributed by atoms with Crippen LogP contribution in [0.25, 0.3) is 0 Å². The summed E-state index contributed by atoms with van der Waals surface area (Å²) in [6, 6.07) is 5.75. The number of methoxy groups -OCH3 is 1. The first-order valence-corrected chi connectivity index (χ1v) is 8.50. The summed E-state index contributed by atoms with van der Waals surface area (Å²) in [5, 5.41) is 3.03. The van der Waals surface area contributed by atoms with E-state index in [9.17, 15) is 4.79 Å². The second-order valence-electron chi connectivity index (χ2n) is 7.00. The van der Waals surface area contributed by atoms with Crippen LogP contribution in [0, 0.1) is 12.8 Å². The zero-order valence-corrected chi connectivity index (χ0v) is 14.9. The summed E-state index contributed by atoms with van der Waals surface area (Å²) in [4.78, 5) is 12.8. The fraction of sp³-hybridized carbons (Fsp3) is 0.632. The van der Waals surface area contributed by atoms with Crippen LogP contribution in [0.3, 0.4) is 0 Å². The fourth-order valence-corrected chi connectivity index (χ4v) is 3.35. The van der Waals surface area contributed by atoms with Crippen molar-refractivity contribution in [2.45, 2.75) is 65.1 Å². The quantitative estimate of drug-likeness (QED) is 0.879. The number of ether oxygens (including phenoxy) is 2. The molecule has 0 aromatic heterocycles. The van der Waals surface area contributed by atoms with Crippen LogP contribution in [0.2, 0.25) is 0 Å². The first kappa shape index (κ1) is 17.8. The minimum absolute atomic E-state index is 0.0384. The predicted octanol–water partition coefficient (Wildman–Crippen LogP) is 4.32. The van der Waals surface area contributed by atoms with E-state index in [-0.39, 0.29) is 12.0 Å². The summed E-state index contributed by atoms with van der Waals surface area (Å²) >= 11 is 0. The maximum atomic E-state index is 12.8. The minimum atomic E-state index is -0.696. The van der Waals surface area contributed by atoms with Crippen LogP contribution in [0.5, 0.6) is 5.75 Å². The molecule has 1 N–H and O–H groups in total. The largest absolute Gasteiger partial charge is 0.491 e. The highest BCUT2D eigenvalue weighted by molar-refractivity contribution is 5.97. The number of hydrogen-bond donors (Lipinski definition) is 1. The average Bonchev–Trinajstić information content (AvgIpc) is 2.49. The van der Waals surface area contributed by atoms with Gasteiger partial charge in [-0.15, -0.1) is 0 Å². The Bertz CT molecular complexity index is 556. The molecule has 1 aliphatic rings. The van der Waals surface area contributed by atoms with Crippen LogP contribution in [0.1, 0.15) is 52.0 Å². The Kier molecular flexibility index (Phi) is 5.69. The Morgan fingerprint density at radius 3 is 2.70 bits per heavy atom. The van der Waals surface area contributed by atoms with Crippen molar-refractivity contribution < 1.29 is 14.3 Å². The van der Waals surface area contributed by atoms with Crippen molar-refractivity contribution in [3.05, 3.63) is 23.8 Å². The third-order valence-corrected chi connectivity index (χ3v) is 4.56. The highest BCUT2D eigenvalue weighted by Crippen LogP contribution is 2.36. The van der Waals surface area contributed by atoms with E-state index in [0.717, 1.165) is 36.3 Å². The molecule has 23 heavy (non-hydrogen) atoms. The molecular formula is C19H29NO3. The van der Waals surface area contributed by atoms with Gasteiger partial charge in [0.2, 0.25) is 0 Å². The Morgan fingerprint density at radius 1 is 1.39 bits per heavy atom. The lowest BCUT2D eigenvalue weighted by Gasteiger charge is -2.37. The lowest BCUT2D eigenvalue weighted by Crippen LogP contribution is -2.47. The van der Waals surface area contributed by atoms with E-state index in [1.807, 2.05) is 39.0 Å². The van der Waals surface area contributed by atoms with Crippen LogP contribution < -0.4 is 10.1 Å². The van der Waals surface area contributed by atoms with Crippen molar-refractivity contribution in [2.24, 2.45) is 5.92 Å². The number of anilines is 1. The van der Waals surface area contributed by atoms with Gasteiger partial charge < -0.3 is 14.8 Å². The van der Waals surface area contributed by atoms with E-state index in [0.29, 0.717) is 5.92 Å². The lowest BCUT2D eigenvalue weighted by molar-refractivity contribution is -0.143. The maximum absolute atomic E-state index is 12.8. The van der Waals surface area contributed by atoms with Crippen molar-refractivity contribution in [3.8, 4) is 5.75 Å². The van der Waals surface area contributed by atoms with Gasteiger partial charge in [0.25, 0.3) is 5.91 Å². The number of carbonyl (C=O) groups is 1. The van der Waals surface area contributed by atoms with E-state index >= 15 is 0 Å². The molecule has 2 unspecified atom stereocenters. The van der Waals surface area contributed by atoms with Crippen LogP contribution in [-0.4, -0.2) is 24.7 Å². The summed E-state index contributed by atoms with van der Waals surface area (Å²) in [7, 11) is 1.64. The summed E-state index contributed by atoms with van der Waals surface area (Å²) in [6.45, 7) is 8.17. The second kappa shape index (κ2) is 7.35. The molecule has 4 heteroatoms. The standard InChI is InChI=1S/C19H29NO3/c1-13(2)23-17-9-8-16(11-15(17)4)20-18(21)19(22-5)10-6-7-14(3)12-19/h8-9,11,13-14H,6-7,10,12H2,1-5H3,(H,20,21). The highest BCUT2D eigenvalue weighted by Gasteiger charge is 2.42. The van der Waals surface area contributed by atoms with Gasteiger partial charge in [-0.05, 0) is 69.7 Å². The molecule has 1 amide bonds. The molecule has 0 aliphatic heterocycles. The molecule has 1 saturated carbocycles. The molecule has 0 heterocycles. The van der Waals surface area contributed by atoms with Gasteiger partial charge >= 0.3 is 0 Å². The van der Waals surface area contributed by atoms with Crippen LogP contribution in [0.4, 0.5) is 5.69 Å². The van der Waals surface area contributed by atoms with E-state index in [4.69, 9.17) is 9.47 Å². The Hall–Kier alpha value is -1.55. The van der Waals surface area contributed by atoms with E-state index in [1.54, 1.807) is 7.11 Å². The van der Waals surface area contributed by atoms with Gasteiger partial charge in [-0.1, -0.05) is 13.3 Å². The third-order valence-electron chi connectivity index (χ3n) is 4.56. The summed E-state index contributed by atoms with van der Waals surface area (Å²) in [5.41, 5.74) is 1.11. The molecular weight excluding hydrogens is 290 g/mol. The van der Waals surface area contributed by atoms with E-state index in [1.165, 1.54) is 6.42 Å².